The SMILES string of the molecule is Cc1coc(SCc2ccccc2CC(=O)NN)n1. The molecule has 0 bridgehead atoms. The molecule has 19 heavy (non-hydrogen) atoms. The van der Waals surface area contributed by atoms with Crippen LogP contribution in [0.1, 0.15) is 16.8 Å². The molecule has 6 heteroatoms. The summed E-state index contributed by atoms with van der Waals surface area (Å²) < 4.78 is 5.28. The van der Waals surface area contributed by atoms with Crippen LogP contribution in [0, 0.1) is 6.92 Å². The van der Waals surface area contributed by atoms with Crippen molar-refractivity contribution in [2.75, 3.05) is 0 Å². The lowest BCUT2D eigenvalue weighted by Gasteiger charge is -2.07. The van der Waals surface area contributed by atoms with Gasteiger partial charge in [0.15, 0.2) is 0 Å². The van der Waals surface area contributed by atoms with Gasteiger partial charge in [-0.25, -0.2) is 10.8 Å². The average Bonchev–Trinajstić information content (AvgIpc) is 2.83. The molecule has 2 rings (SSSR count). The molecule has 0 saturated carbocycles. The van der Waals surface area contributed by atoms with Crippen molar-refractivity contribution in [2.24, 2.45) is 5.84 Å². The van der Waals surface area contributed by atoms with Crippen molar-refractivity contribution in [3.63, 3.8) is 0 Å². The third-order valence-corrected chi connectivity index (χ3v) is 3.47. The van der Waals surface area contributed by atoms with Crippen LogP contribution < -0.4 is 11.3 Å². The van der Waals surface area contributed by atoms with Gasteiger partial charge in [0.1, 0.15) is 6.26 Å². The molecule has 0 saturated heterocycles. The van der Waals surface area contributed by atoms with Crippen molar-refractivity contribution < 1.29 is 9.21 Å². The second-order valence-corrected chi connectivity index (χ2v) is 4.98. The minimum atomic E-state index is -0.204. The van der Waals surface area contributed by atoms with E-state index in [2.05, 4.69) is 10.4 Å². The smallest absolute Gasteiger partial charge is 0.256 e. The van der Waals surface area contributed by atoms with Crippen LogP contribution in [0.25, 0.3) is 0 Å². The number of oxazole rings is 1. The molecular formula is C13H15N3O2S. The number of aromatic nitrogens is 1. The molecule has 0 radical (unpaired) electrons. The molecule has 0 aliphatic rings. The molecule has 0 fully saturated rings. The van der Waals surface area contributed by atoms with Gasteiger partial charge in [0, 0.05) is 5.75 Å². The van der Waals surface area contributed by atoms with E-state index in [1.807, 2.05) is 31.2 Å². The van der Waals surface area contributed by atoms with E-state index < -0.39 is 0 Å². The molecule has 1 aromatic carbocycles. The number of hydrogen-bond donors (Lipinski definition) is 2. The molecular weight excluding hydrogens is 262 g/mol. The molecule has 0 aliphatic carbocycles. The maximum Gasteiger partial charge on any atom is 0.256 e. The van der Waals surface area contributed by atoms with E-state index in [1.165, 1.54) is 11.8 Å². The van der Waals surface area contributed by atoms with Crippen LogP contribution in [0.4, 0.5) is 0 Å². The van der Waals surface area contributed by atoms with Crippen LogP contribution in [-0.2, 0) is 17.0 Å². The van der Waals surface area contributed by atoms with Crippen LogP contribution in [0.2, 0.25) is 0 Å². The zero-order chi connectivity index (χ0) is 13.7. The van der Waals surface area contributed by atoms with Crippen molar-refractivity contribution >= 4 is 17.7 Å². The normalized spacial score (nSPS) is 10.4. The summed E-state index contributed by atoms with van der Waals surface area (Å²) in [4.78, 5) is 15.6. The van der Waals surface area contributed by atoms with Crippen LogP contribution in [0.5, 0.6) is 0 Å². The van der Waals surface area contributed by atoms with E-state index in [4.69, 9.17) is 10.3 Å². The van der Waals surface area contributed by atoms with Crippen molar-refractivity contribution in [1.82, 2.24) is 10.4 Å². The summed E-state index contributed by atoms with van der Waals surface area (Å²) >= 11 is 1.50. The first kappa shape index (κ1) is 13.6. The maximum absolute atomic E-state index is 11.3. The summed E-state index contributed by atoms with van der Waals surface area (Å²) in [6.45, 7) is 1.88. The number of carbonyl (C=O) groups is 1. The van der Waals surface area contributed by atoms with E-state index in [0.717, 1.165) is 16.8 Å². The summed E-state index contributed by atoms with van der Waals surface area (Å²) in [6.07, 6.45) is 1.90. The Balaban J connectivity index is 2.05. The predicted molar refractivity (Wildman–Crippen MR) is 73.3 cm³/mol. The summed E-state index contributed by atoms with van der Waals surface area (Å²) in [5.74, 6) is 5.61. The number of nitrogens with two attached hydrogens (primary N) is 1. The number of amides is 1. The molecule has 100 valence electrons. The Morgan fingerprint density at radius 2 is 2.16 bits per heavy atom. The summed E-state index contributed by atoms with van der Waals surface area (Å²) in [5, 5.41) is 0.635. The Kier molecular flexibility index (Phi) is 4.59. The molecule has 1 amide bonds. The van der Waals surface area contributed by atoms with Gasteiger partial charge in [-0.1, -0.05) is 36.0 Å². The monoisotopic (exact) mass is 277 g/mol. The third kappa shape index (κ3) is 3.84. The van der Waals surface area contributed by atoms with Gasteiger partial charge in [0.2, 0.25) is 5.91 Å². The highest BCUT2D eigenvalue weighted by Crippen LogP contribution is 2.24. The quantitative estimate of drug-likeness (QED) is 0.377. The molecule has 0 spiro atoms. The van der Waals surface area contributed by atoms with E-state index in [1.54, 1.807) is 6.26 Å². The number of carbonyl (C=O) groups excluding carboxylic acids is 1. The van der Waals surface area contributed by atoms with E-state index in [0.29, 0.717) is 11.0 Å². The lowest BCUT2D eigenvalue weighted by Crippen LogP contribution is -2.31. The molecule has 0 aliphatic heterocycles. The van der Waals surface area contributed by atoms with Crippen molar-refractivity contribution in [2.45, 2.75) is 24.3 Å². The molecule has 1 heterocycles. The average molecular weight is 277 g/mol. The third-order valence-electron chi connectivity index (χ3n) is 2.58. The Labute approximate surface area is 115 Å². The number of nitrogens with one attached hydrogen (secondary N) is 1. The number of hydrogen-bond acceptors (Lipinski definition) is 5. The molecule has 3 N–H and O–H groups in total. The fourth-order valence-corrected chi connectivity index (χ4v) is 2.52. The molecule has 5 nitrogen and oxygen atoms in total. The fraction of sp³-hybridized carbons (Fsp3) is 0.231. The second kappa shape index (κ2) is 6.40. The predicted octanol–water partition coefficient (Wildman–Crippen LogP) is 1.81. The van der Waals surface area contributed by atoms with Gasteiger partial charge < -0.3 is 4.42 Å². The fourth-order valence-electron chi connectivity index (χ4n) is 1.63. The number of hydrazine groups is 1. The minimum absolute atomic E-state index is 0.204. The number of benzene rings is 1. The largest absolute Gasteiger partial charge is 0.440 e. The zero-order valence-electron chi connectivity index (χ0n) is 10.6. The van der Waals surface area contributed by atoms with Gasteiger partial charge in [-0.15, -0.1) is 0 Å². The summed E-state index contributed by atoms with van der Waals surface area (Å²) in [6, 6.07) is 7.76. The molecule has 0 unspecified atom stereocenters. The summed E-state index contributed by atoms with van der Waals surface area (Å²) in [5.41, 5.74) is 5.04. The standard InChI is InChI=1S/C13H15N3O2S/c1-9-7-18-13(15-9)19-8-11-5-3-2-4-10(11)6-12(17)16-14/h2-5,7H,6,8,14H2,1H3,(H,16,17). The number of rotatable bonds is 5. The number of nitrogens with zero attached hydrogens (tertiary/aromatic N) is 1. The first-order valence-corrected chi connectivity index (χ1v) is 6.78. The van der Waals surface area contributed by atoms with Crippen molar-refractivity contribution in [3.05, 3.63) is 47.3 Å². The highest BCUT2D eigenvalue weighted by atomic mass is 32.2. The van der Waals surface area contributed by atoms with Crippen molar-refractivity contribution in [1.29, 1.82) is 0 Å². The molecule has 2 aromatic rings. The van der Waals surface area contributed by atoms with Crippen molar-refractivity contribution in [3.8, 4) is 0 Å². The molecule has 0 atom stereocenters. The lowest BCUT2D eigenvalue weighted by atomic mass is 10.1. The Hall–Kier alpha value is -1.79. The Morgan fingerprint density at radius 3 is 2.79 bits per heavy atom. The van der Waals surface area contributed by atoms with Gasteiger partial charge in [-0.2, -0.15) is 0 Å². The van der Waals surface area contributed by atoms with Gasteiger partial charge in [0.05, 0.1) is 12.1 Å². The highest BCUT2D eigenvalue weighted by Gasteiger charge is 2.08. The number of aryl methyl sites for hydroxylation is 1. The van der Waals surface area contributed by atoms with Crippen LogP contribution in [-0.4, -0.2) is 10.9 Å². The zero-order valence-corrected chi connectivity index (χ0v) is 11.4. The highest BCUT2D eigenvalue weighted by molar-refractivity contribution is 7.98. The van der Waals surface area contributed by atoms with Gasteiger partial charge in [0.25, 0.3) is 5.22 Å². The second-order valence-electron chi connectivity index (χ2n) is 4.06. The summed E-state index contributed by atoms with van der Waals surface area (Å²) in [7, 11) is 0. The van der Waals surface area contributed by atoms with Crippen LogP contribution in [0.15, 0.2) is 40.2 Å². The van der Waals surface area contributed by atoms with E-state index in [-0.39, 0.29) is 12.3 Å². The topological polar surface area (TPSA) is 81.2 Å². The van der Waals surface area contributed by atoms with Crippen LogP contribution >= 0.6 is 11.8 Å². The van der Waals surface area contributed by atoms with Crippen LogP contribution in [0.3, 0.4) is 0 Å². The Morgan fingerprint density at radius 1 is 1.42 bits per heavy atom. The van der Waals surface area contributed by atoms with Gasteiger partial charge >= 0.3 is 0 Å². The van der Waals surface area contributed by atoms with Gasteiger partial charge in [-0.3, -0.25) is 10.2 Å². The van der Waals surface area contributed by atoms with Gasteiger partial charge in [-0.05, 0) is 18.1 Å². The number of thioether (sulfide) groups is 1. The first-order chi connectivity index (χ1) is 9.19. The van der Waals surface area contributed by atoms with E-state index in [9.17, 15) is 4.79 Å². The molecule has 1 aromatic heterocycles. The lowest BCUT2D eigenvalue weighted by molar-refractivity contribution is -0.120. The van der Waals surface area contributed by atoms with E-state index >= 15 is 0 Å². The first-order valence-electron chi connectivity index (χ1n) is 5.80. The minimum Gasteiger partial charge on any atom is -0.440 e. The maximum atomic E-state index is 11.3. The Bertz CT molecular complexity index is 569.